The number of hydrogen-bond donors (Lipinski definition) is 0. The zero-order valence-electron chi connectivity index (χ0n) is 11.1. The molecule has 1 unspecified atom stereocenters. The Balaban J connectivity index is 2.30. The van der Waals surface area contributed by atoms with Crippen LogP contribution in [0.25, 0.3) is 10.9 Å². The molecule has 0 N–H and O–H groups in total. The van der Waals surface area contributed by atoms with Crippen LogP contribution in [0.5, 0.6) is 0 Å². The quantitative estimate of drug-likeness (QED) is 0.689. The molecule has 0 radical (unpaired) electrons. The predicted molar refractivity (Wildman–Crippen MR) is 77.0 cm³/mol. The molecule has 1 aliphatic heterocycles. The number of nitriles is 1. The van der Waals surface area contributed by atoms with Crippen molar-refractivity contribution >= 4 is 18.0 Å². The fraction of sp³-hybridized carbons (Fsp3) is 0.333. The molecule has 1 aromatic heterocycles. The van der Waals surface area contributed by atoms with Gasteiger partial charge in [-0.1, -0.05) is 0 Å². The minimum atomic E-state index is -2.05. The minimum Gasteiger partial charge on any atom is -0.323 e. The molecule has 0 aliphatic carbocycles. The zero-order chi connectivity index (χ0) is 13.6. The molecule has 3 nitrogen and oxygen atoms in total. The number of hydrogen-bond acceptors (Lipinski definition) is 3. The van der Waals surface area contributed by atoms with Crippen molar-refractivity contribution in [2.24, 2.45) is 0 Å². The Morgan fingerprint density at radius 2 is 2.21 bits per heavy atom. The molecule has 3 rings (SSSR count). The van der Waals surface area contributed by atoms with Crippen LogP contribution in [-0.4, -0.2) is 17.8 Å². The summed E-state index contributed by atoms with van der Waals surface area (Å²) >= 11 is 0. The van der Waals surface area contributed by atoms with Gasteiger partial charge in [-0.05, 0) is 49.3 Å². The van der Waals surface area contributed by atoms with Crippen LogP contribution in [0.15, 0.2) is 18.2 Å². The molecule has 0 saturated carbocycles. The first kappa shape index (κ1) is 12.4. The van der Waals surface area contributed by atoms with Crippen molar-refractivity contribution in [1.82, 2.24) is 4.98 Å². The molecule has 0 fully saturated rings. The largest absolute Gasteiger partial charge is 0.323 e. The molecule has 0 bridgehead atoms. The molecular weight excluding hydrogens is 255 g/mol. The first-order valence-corrected chi connectivity index (χ1v) is 8.90. The van der Waals surface area contributed by atoms with E-state index in [1.807, 2.05) is 18.8 Å². The summed E-state index contributed by atoms with van der Waals surface area (Å²) in [5.74, 6) is 0. The van der Waals surface area contributed by atoms with E-state index in [2.05, 4.69) is 18.0 Å². The van der Waals surface area contributed by atoms with Gasteiger partial charge in [0.05, 0.1) is 24.3 Å². The Morgan fingerprint density at radius 1 is 1.42 bits per heavy atom. The lowest BCUT2D eigenvalue weighted by molar-refractivity contribution is 0.574. The number of pyridine rings is 1. The summed E-state index contributed by atoms with van der Waals surface area (Å²) in [6.45, 7) is 3.93. The van der Waals surface area contributed by atoms with Crippen molar-refractivity contribution in [3.63, 3.8) is 0 Å². The third-order valence-corrected chi connectivity index (χ3v) is 6.06. The van der Waals surface area contributed by atoms with Crippen molar-refractivity contribution in [3.8, 4) is 6.07 Å². The molecule has 1 atom stereocenters. The fourth-order valence-electron chi connectivity index (χ4n) is 2.77. The molecule has 0 amide bonds. The zero-order valence-corrected chi connectivity index (χ0v) is 12.0. The maximum absolute atomic E-state index is 12.3. The van der Waals surface area contributed by atoms with Crippen molar-refractivity contribution in [1.29, 1.82) is 5.26 Å². The van der Waals surface area contributed by atoms with Crippen LogP contribution < -0.4 is 0 Å². The van der Waals surface area contributed by atoms with Crippen molar-refractivity contribution in [2.45, 2.75) is 19.5 Å². The van der Waals surface area contributed by atoms with Gasteiger partial charge in [0, 0.05) is 23.4 Å². The van der Waals surface area contributed by atoms with E-state index in [4.69, 9.17) is 5.26 Å². The number of rotatable bonds is 0. The summed E-state index contributed by atoms with van der Waals surface area (Å²) < 4.78 is 12.3. The van der Waals surface area contributed by atoms with Gasteiger partial charge in [0.1, 0.15) is 0 Å². The third-order valence-electron chi connectivity index (χ3n) is 3.90. The van der Waals surface area contributed by atoms with Crippen LogP contribution in [-0.2, 0) is 17.1 Å². The van der Waals surface area contributed by atoms with E-state index >= 15 is 0 Å². The summed E-state index contributed by atoms with van der Waals surface area (Å²) in [4.78, 5) is 4.69. The maximum Gasteiger partial charge on any atom is 0.0991 e. The third kappa shape index (κ3) is 2.07. The van der Waals surface area contributed by atoms with Gasteiger partial charge in [0.25, 0.3) is 0 Å². The average Bonchev–Trinajstić information content (AvgIpc) is 2.39. The molecule has 2 heterocycles. The van der Waals surface area contributed by atoms with Crippen molar-refractivity contribution < 1.29 is 4.57 Å². The first-order valence-electron chi connectivity index (χ1n) is 6.38. The van der Waals surface area contributed by atoms with Gasteiger partial charge in [0.15, 0.2) is 0 Å². The average molecular weight is 270 g/mol. The molecule has 96 valence electrons. The highest BCUT2D eigenvalue weighted by Gasteiger charge is 2.26. The lowest BCUT2D eigenvalue weighted by atomic mass is 10.00. The number of nitrogens with zero attached hydrogens (tertiary/aromatic N) is 2. The molecule has 19 heavy (non-hydrogen) atoms. The van der Waals surface area contributed by atoms with E-state index < -0.39 is 7.14 Å². The number of aryl methyl sites for hydroxylation is 2. The van der Waals surface area contributed by atoms with Crippen LogP contribution in [0.2, 0.25) is 0 Å². The van der Waals surface area contributed by atoms with E-state index in [1.165, 1.54) is 0 Å². The second-order valence-corrected chi connectivity index (χ2v) is 8.79. The van der Waals surface area contributed by atoms with E-state index in [-0.39, 0.29) is 0 Å². The van der Waals surface area contributed by atoms with Crippen LogP contribution in [0.1, 0.15) is 22.4 Å². The topological polar surface area (TPSA) is 53.8 Å². The highest BCUT2D eigenvalue weighted by Crippen LogP contribution is 2.50. The number of aromatic nitrogens is 1. The highest BCUT2D eigenvalue weighted by molar-refractivity contribution is 7.62. The van der Waals surface area contributed by atoms with Crippen LogP contribution in [0, 0.1) is 18.3 Å². The molecule has 0 spiro atoms. The van der Waals surface area contributed by atoms with Crippen molar-refractivity contribution in [2.75, 3.05) is 12.8 Å². The second-order valence-electron chi connectivity index (χ2n) is 5.43. The Morgan fingerprint density at radius 3 is 2.95 bits per heavy atom. The van der Waals surface area contributed by atoms with Crippen LogP contribution in [0.4, 0.5) is 0 Å². The highest BCUT2D eigenvalue weighted by atomic mass is 31.2. The monoisotopic (exact) mass is 270 g/mol. The van der Waals surface area contributed by atoms with Gasteiger partial charge in [-0.25, -0.2) is 0 Å². The summed E-state index contributed by atoms with van der Waals surface area (Å²) in [6.07, 6.45) is 2.21. The van der Waals surface area contributed by atoms with Crippen molar-refractivity contribution in [3.05, 3.63) is 40.6 Å². The Labute approximate surface area is 112 Å². The standard InChI is InChI=1S/C15H15N2OP/c1-10-12-7-11(8-16)3-4-14(12)17-15-5-6-19(2,18)9-13(10)15/h3-4,7H,5-6,9H2,1-2H3. The lowest BCUT2D eigenvalue weighted by Gasteiger charge is -2.24. The van der Waals surface area contributed by atoms with E-state index in [9.17, 15) is 4.57 Å². The van der Waals surface area contributed by atoms with Gasteiger partial charge in [-0.3, -0.25) is 4.98 Å². The summed E-state index contributed by atoms with van der Waals surface area (Å²) in [7, 11) is -2.05. The summed E-state index contributed by atoms with van der Waals surface area (Å²) in [5, 5.41) is 10.0. The molecule has 2 aromatic rings. The lowest BCUT2D eigenvalue weighted by Crippen LogP contribution is -2.11. The molecular formula is C15H15N2OP. The van der Waals surface area contributed by atoms with Gasteiger partial charge in [-0.2, -0.15) is 5.26 Å². The predicted octanol–water partition coefficient (Wildman–Crippen LogP) is 3.46. The van der Waals surface area contributed by atoms with Crippen LogP contribution >= 0.6 is 7.14 Å². The number of fused-ring (bicyclic) bond motifs is 2. The second kappa shape index (κ2) is 4.18. The van der Waals surface area contributed by atoms with Gasteiger partial charge >= 0.3 is 0 Å². The fourth-order valence-corrected chi connectivity index (χ4v) is 4.70. The van der Waals surface area contributed by atoms with Gasteiger partial charge in [0.2, 0.25) is 0 Å². The van der Waals surface area contributed by atoms with E-state index in [0.29, 0.717) is 11.7 Å². The number of benzene rings is 1. The van der Waals surface area contributed by atoms with E-state index in [1.54, 1.807) is 6.07 Å². The normalized spacial score (nSPS) is 21.9. The Hall–Kier alpha value is -1.65. The first-order chi connectivity index (χ1) is 9.00. The maximum atomic E-state index is 12.3. The summed E-state index contributed by atoms with van der Waals surface area (Å²) in [5.41, 5.74) is 4.94. The minimum absolute atomic E-state index is 0.646. The molecule has 4 heteroatoms. The Kier molecular flexibility index (Phi) is 2.73. The van der Waals surface area contributed by atoms with Crippen LogP contribution in [0.3, 0.4) is 0 Å². The molecule has 1 aromatic carbocycles. The van der Waals surface area contributed by atoms with Gasteiger partial charge < -0.3 is 4.57 Å². The smallest absolute Gasteiger partial charge is 0.0991 e. The van der Waals surface area contributed by atoms with Gasteiger partial charge in [-0.15, -0.1) is 0 Å². The Bertz CT molecular complexity index is 774. The molecule has 0 saturated heterocycles. The SMILES string of the molecule is Cc1c2c(nc3ccc(C#N)cc13)CCP(C)(=O)C2. The molecule has 1 aliphatic rings. The summed E-state index contributed by atoms with van der Waals surface area (Å²) in [6, 6.07) is 7.75. The van der Waals surface area contributed by atoms with E-state index in [0.717, 1.165) is 40.3 Å².